The quantitative estimate of drug-likeness (QED) is 0.103. The highest BCUT2D eigenvalue weighted by Crippen LogP contribution is 2.20. The number of unbranched alkanes of at least 4 members (excludes halogenated alkanes) is 2. The fraction of sp³-hybridized carbons (Fsp3) is 0.826. The van der Waals surface area contributed by atoms with Gasteiger partial charge in [0.25, 0.3) is 0 Å². The summed E-state index contributed by atoms with van der Waals surface area (Å²) in [5, 5.41) is 65.1. The van der Waals surface area contributed by atoms with Crippen molar-refractivity contribution in [1.82, 2.24) is 0 Å². The van der Waals surface area contributed by atoms with E-state index >= 15 is 0 Å². The maximum Gasteiger partial charge on any atom is 0.335 e. The van der Waals surface area contributed by atoms with Crippen molar-refractivity contribution in [2.45, 2.75) is 69.4 Å². The number of aliphatic hydroxyl groups is 4. The highest BCUT2D eigenvalue weighted by atomic mass is 16.4. The molecule has 2 aliphatic heterocycles. The maximum absolute atomic E-state index is 9.77. The summed E-state index contributed by atoms with van der Waals surface area (Å²) in [7, 11) is 4.92. The number of carboxylic acid groups (broad SMARTS) is 4. The number of hydrogen-bond acceptors (Lipinski definition) is 8. The van der Waals surface area contributed by atoms with E-state index < -0.39 is 48.3 Å². The SMILES string of the molecule is C[N+]1(CCCCC[N+]2(C)CCCC2)CCCC1.O=C(O)C(O)C(O)C(=O)O.O=C(O)C(O)C(O)C(=O)O. The molecule has 0 aromatic heterocycles. The number of carbonyl (C=O) groups is 4. The Labute approximate surface area is 216 Å². The van der Waals surface area contributed by atoms with Gasteiger partial charge in [0.2, 0.25) is 0 Å². The molecule has 0 aliphatic carbocycles. The zero-order chi connectivity index (χ0) is 28.8. The smallest absolute Gasteiger partial charge is 0.335 e. The largest absolute Gasteiger partial charge is 0.479 e. The number of aliphatic carboxylic acids is 4. The van der Waals surface area contributed by atoms with Crippen molar-refractivity contribution in [2.24, 2.45) is 0 Å². The minimum absolute atomic E-state index is 1.37. The second-order valence-corrected chi connectivity index (χ2v) is 10.2. The molecule has 0 saturated carbocycles. The molecule has 0 aromatic rings. The molecule has 2 aliphatic rings. The van der Waals surface area contributed by atoms with E-state index in [1.807, 2.05) is 0 Å². The number of hydrogen-bond donors (Lipinski definition) is 8. The summed E-state index contributed by atoms with van der Waals surface area (Å²) in [6.07, 6.45) is 1.16. The first-order valence-corrected chi connectivity index (χ1v) is 12.4. The van der Waals surface area contributed by atoms with Crippen LogP contribution in [-0.2, 0) is 19.2 Å². The molecule has 2 rings (SSSR count). The third-order valence-electron chi connectivity index (χ3n) is 6.80. The zero-order valence-corrected chi connectivity index (χ0v) is 21.6. The highest BCUT2D eigenvalue weighted by Gasteiger charge is 2.30. The van der Waals surface area contributed by atoms with Crippen LogP contribution < -0.4 is 0 Å². The summed E-state index contributed by atoms with van der Waals surface area (Å²) < 4.78 is 2.73. The predicted molar refractivity (Wildman–Crippen MR) is 128 cm³/mol. The molecule has 0 bridgehead atoms. The van der Waals surface area contributed by atoms with Gasteiger partial charge in [0.15, 0.2) is 24.4 Å². The lowest BCUT2D eigenvalue weighted by Gasteiger charge is -2.30. The summed E-state index contributed by atoms with van der Waals surface area (Å²) in [5.41, 5.74) is 0. The van der Waals surface area contributed by atoms with E-state index in [0.29, 0.717) is 0 Å². The monoisotopic (exact) mass is 540 g/mol. The van der Waals surface area contributed by atoms with Crippen molar-refractivity contribution in [1.29, 1.82) is 0 Å². The summed E-state index contributed by atoms with van der Waals surface area (Å²) in [6, 6.07) is 0. The Morgan fingerprint density at radius 3 is 0.919 bits per heavy atom. The van der Waals surface area contributed by atoms with Gasteiger partial charge in [-0.25, -0.2) is 19.2 Å². The lowest BCUT2D eigenvalue weighted by atomic mass is 10.2. The first-order chi connectivity index (χ1) is 17.0. The van der Waals surface area contributed by atoms with Crippen LogP contribution in [0.4, 0.5) is 0 Å². The first-order valence-electron chi connectivity index (χ1n) is 12.4. The Morgan fingerprint density at radius 2 is 0.730 bits per heavy atom. The van der Waals surface area contributed by atoms with Crippen LogP contribution in [0.5, 0.6) is 0 Å². The molecule has 14 nitrogen and oxygen atoms in total. The molecule has 0 spiro atoms. The fourth-order valence-electron chi connectivity index (χ4n) is 4.35. The Bertz CT molecular complexity index is 639. The molecule has 0 amide bonds. The minimum atomic E-state index is -2.27. The molecule has 4 unspecified atom stereocenters. The van der Waals surface area contributed by atoms with Gasteiger partial charge in [-0.2, -0.15) is 0 Å². The van der Waals surface area contributed by atoms with Crippen molar-refractivity contribution in [2.75, 3.05) is 53.4 Å². The Morgan fingerprint density at radius 1 is 0.514 bits per heavy atom. The number of rotatable bonds is 12. The number of aliphatic hydroxyl groups excluding tert-OH is 4. The number of likely N-dealkylation sites (tertiary alicyclic amines) is 2. The Balaban J connectivity index is 0.000000564. The standard InChI is InChI=1S/C15H32N2.2C4H6O6/c1-16(12-6-7-13-16)10-4-3-5-11-17(2)14-8-9-15-17;2*5-1(3(7)8)2(6)4(9)10/h3-15H2,1-2H3;2*1-2,5-6H,(H,7,8)(H,9,10)/q+2;;. The van der Waals surface area contributed by atoms with Gasteiger partial charge in [0.05, 0.1) is 53.4 Å². The highest BCUT2D eigenvalue weighted by molar-refractivity contribution is 5.83. The average molecular weight is 541 g/mol. The predicted octanol–water partition coefficient (Wildman–Crippen LogP) is -1.61. The fourth-order valence-corrected chi connectivity index (χ4v) is 4.35. The van der Waals surface area contributed by atoms with E-state index in [2.05, 4.69) is 14.1 Å². The zero-order valence-electron chi connectivity index (χ0n) is 21.6. The van der Waals surface area contributed by atoms with E-state index in [4.69, 9.17) is 40.9 Å². The molecule has 0 radical (unpaired) electrons. The molecule has 216 valence electrons. The van der Waals surface area contributed by atoms with Crippen LogP contribution in [0.1, 0.15) is 44.9 Å². The van der Waals surface area contributed by atoms with Crippen LogP contribution in [0.2, 0.25) is 0 Å². The van der Waals surface area contributed by atoms with Crippen LogP contribution in [0.3, 0.4) is 0 Å². The maximum atomic E-state index is 9.77. The van der Waals surface area contributed by atoms with Gasteiger partial charge in [-0.15, -0.1) is 0 Å². The van der Waals surface area contributed by atoms with Crippen LogP contribution in [0, 0.1) is 0 Å². The van der Waals surface area contributed by atoms with Crippen LogP contribution in [0.25, 0.3) is 0 Å². The van der Waals surface area contributed by atoms with Gasteiger partial charge < -0.3 is 49.8 Å². The van der Waals surface area contributed by atoms with Crippen molar-refractivity contribution in [3.8, 4) is 0 Å². The van der Waals surface area contributed by atoms with Crippen molar-refractivity contribution < 1.29 is 69.0 Å². The molecular weight excluding hydrogens is 496 g/mol. The van der Waals surface area contributed by atoms with Crippen LogP contribution in [-0.4, -0.2) is 151 Å². The lowest BCUT2D eigenvalue weighted by Crippen LogP contribution is -2.42. The van der Waals surface area contributed by atoms with E-state index in [0.717, 1.165) is 0 Å². The third-order valence-corrected chi connectivity index (χ3v) is 6.80. The normalized spacial score (nSPS) is 20.7. The molecule has 14 heteroatoms. The molecular formula is C23H44N2O12+2. The van der Waals surface area contributed by atoms with Crippen molar-refractivity contribution in [3.63, 3.8) is 0 Å². The molecule has 2 saturated heterocycles. The summed E-state index contributed by atoms with van der Waals surface area (Å²) in [6.45, 7) is 8.62. The molecule has 37 heavy (non-hydrogen) atoms. The molecule has 0 aromatic carbocycles. The van der Waals surface area contributed by atoms with Crippen LogP contribution >= 0.6 is 0 Å². The topological polar surface area (TPSA) is 230 Å². The minimum Gasteiger partial charge on any atom is -0.479 e. The summed E-state index contributed by atoms with van der Waals surface area (Å²) in [5.74, 6) is -7.07. The van der Waals surface area contributed by atoms with E-state index in [9.17, 15) is 19.2 Å². The molecule has 4 atom stereocenters. The van der Waals surface area contributed by atoms with Gasteiger partial charge in [-0.1, -0.05) is 0 Å². The summed E-state index contributed by atoms with van der Waals surface area (Å²) in [4.78, 5) is 39.1. The second-order valence-electron chi connectivity index (χ2n) is 10.2. The Kier molecular flexibility index (Phi) is 15.4. The molecule has 8 N–H and O–H groups in total. The van der Waals surface area contributed by atoms with Crippen molar-refractivity contribution in [3.05, 3.63) is 0 Å². The average Bonchev–Trinajstić information content (AvgIpc) is 3.46. The van der Waals surface area contributed by atoms with Crippen LogP contribution in [0.15, 0.2) is 0 Å². The first kappa shape index (κ1) is 34.6. The van der Waals surface area contributed by atoms with Gasteiger partial charge in [0.1, 0.15) is 0 Å². The molecule has 2 fully saturated rings. The van der Waals surface area contributed by atoms with Crippen molar-refractivity contribution >= 4 is 23.9 Å². The summed E-state index contributed by atoms with van der Waals surface area (Å²) >= 11 is 0. The lowest BCUT2D eigenvalue weighted by molar-refractivity contribution is -0.899. The second kappa shape index (κ2) is 16.5. The van der Waals surface area contributed by atoms with Gasteiger partial charge in [-0.05, 0) is 19.3 Å². The third kappa shape index (κ3) is 13.7. The van der Waals surface area contributed by atoms with Gasteiger partial charge in [-0.3, -0.25) is 0 Å². The van der Waals surface area contributed by atoms with E-state index in [1.54, 1.807) is 0 Å². The van der Waals surface area contributed by atoms with E-state index in [1.165, 1.54) is 93.2 Å². The number of carboxylic acids is 4. The van der Waals surface area contributed by atoms with Gasteiger partial charge >= 0.3 is 23.9 Å². The number of nitrogens with zero attached hydrogens (tertiary/aromatic N) is 2. The number of quaternary nitrogens is 2. The molecule has 2 heterocycles. The van der Waals surface area contributed by atoms with E-state index in [-0.39, 0.29) is 0 Å². The van der Waals surface area contributed by atoms with Gasteiger partial charge in [0, 0.05) is 25.7 Å². The Hall–Kier alpha value is -2.36.